The number of hydrogen-bond acceptors (Lipinski definition) is 8. The Labute approximate surface area is 234 Å². The molecular weight excluding hydrogens is 532 g/mol. The smallest absolute Gasteiger partial charge is 0.253 e. The van der Waals surface area contributed by atoms with E-state index in [4.69, 9.17) is 9.84 Å². The lowest BCUT2D eigenvalue weighted by Crippen LogP contribution is -2.28. The first-order chi connectivity index (χ1) is 18.9. The number of aryl methyl sites for hydroxylation is 1. The van der Waals surface area contributed by atoms with Crippen molar-refractivity contribution in [2.75, 3.05) is 12.9 Å². The number of carbonyl (C=O) groups is 2. The fourth-order valence-corrected chi connectivity index (χ4v) is 5.70. The summed E-state index contributed by atoms with van der Waals surface area (Å²) < 4.78 is 6.92. The predicted molar refractivity (Wildman–Crippen MR) is 152 cm³/mol. The molecule has 5 rings (SSSR count). The highest BCUT2D eigenvalue weighted by Crippen LogP contribution is 2.34. The molecule has 39 heavy (non-hydrogen) atoms. The molecule has 0 spiro atoms. The van der Waals surface area contributed by atoms with Crippen molar-refractivity contribution in [1.29, 1.82) is 0 Å². The minimum atomic E-state index is -0.222. The van der Waals surface area contributed by atoms with E-state index in [0.29, 0.717) is 28.7 Å². The normalized spacial score (nSPS) is 14.8. The maximum absolute atomic E-state index is 13.4. The molecule has 0 saturated heterocycles. The fraction of sp³-hybridized carbons (Fsp3) is 0.250. The van der Waals surface area contributed by atoms with E-state index >= 15 is 0 Å². The molecular formula is C28H28N6O3S2. The molecule has 1 aliphatic heterocycles. The van der Waals surface area contributed by atoms with E-state index in [9.17, 15) is 9.59 Å². The largest absolute Gasteiger partial charge is 0.497 e. The lowest BCUT2D eigenvalue weighted by molar-refractivity contribution is -0.130. The second kappa shape index (κ2) is 11.8. The monoisotopic (exact) mass is 560 g/mol. The SMILES string of the molecule is COc1ccc(C(=O)NCc2nnc(SCC(=O)N3N=C(c4cccs4)C[C@@H]3c3ccc(C)cc3)n2C)cc1. The molecule has 11 heteroatoms. The molecule has 1 aliphatic rings. The van der Waals surface area contributed by atoms with Gasteiger partial charge in [-0.3, -0.25) is 9.59 Å². The van der Waals surface area contributed by atoms with Crippen LogP contribution in [-0.2, 0) is 18.4 Å². The van der Waals surface area contributed by atoms with Gasteiger partial charge in [-0.1, -0.05) is 47.7 Å². The molecule has 2 aromatic carbocycles. The molecule has 9 nitrogen and oxygen atoms in total. The molecule has 1 N–H and O–H groups in total. The molecule has 4 aromatic rings. The third kappa shape index (κ3) is 6.04. The van der Waals surface area contributed by atoms with Crippen molar-refractivity contribution < 1.29 is 14.3 Å². The van der Waals surface area contributed by atoms with Crippen LogP contribution in [0.1, 0.15) is 44.6 Å². The third-order valence-electron chi connectivity index (χ3n) is 6.44. The average Bonchev–Trinajstić information content (AvgIpc) is 3.71. The van der Waals surface area contributed by atoms with Crippen molar-refractivity contribution in [2.24, 2.45) is 12.1 Å². The maximum Gasteiger partial charge on any atom is 0.253 e. The van der Waals surface area contributed by atoms with Gasteiger partial charge in [-0.2, -0.15) is 5.10 Å². The van der Waals surface area contributed by atoms with Gasteiger partial charge < -0.3 is 14.6 Å². The number of methoxy groups -OCH3 is 1. The van der Waals surface area contributed by atoms with Gasteiger partial charge in [0.15, 0.2) is 11.0 Å². The number of thiophene rings is 1. The molecule has 2 amide bonds. The minimum Gasteiger partial charge on any atom is -0.497 e. The molecule has 2 aromatic heterocycles. The number of ether oxygens (including phenoxy) is 1. The van der Waals surface area contributed by atoms with E-state index in [1.807, 2.05) is 31.5 Å². The Morgan fingerprint density at radius 1 is 1.10 bits per heavy atom. The van der Waals surface area contributed by atoms with E-state index in [-0.39, 0.29) is 30.2 Å². The van der Waals surface area contributed by atoms with E-state index in [2.05, 4.69) is 39.8 Å². The lowest BCUT2D eigenvalue weighted by Gasteiger charge is -2.22. The number of thioether (sulfide) groups is 1. The second-order valence-electron chi connectivity index (χ2n) is 9.05. The third-order valence-corrected chi connectivity index (χ3v) is 8.37. The van der Waals surface area contributed by atoms with Gasteiger partial charge in [0, 0.05) is 19.0 Å². The number of carbonyl (C=O) groups excluding carboxylic acids is 2. The number of nitrogens with zero attached hydrogens (tertiary/aromatic N) is 5. The first-order valence-corrected chi connectivity index (χ1v) is 14.2. The maximum atomic E-state index is 13.4. The van der Waals surface area contributed by atoms with Gasteiger partial charge in [-0.25, -0.2) is 5.01 Å². The van der Waals surface area contributed by atoms with Crippen molar-refractivity contribution in [1.82, 2.24) is 25.1 Å². The summed E-state index contributed by atoms with van der Waals surface area (Å²) >= 11 is 2.92. The van der Waals surface area contributed by atoms with E-state index in [1.165, 1.54) is 17.3 Å². The summed E-state index contributed by atoms with van der Waals surface area (Å²) in [4.78, 5) is 27.0. The Hall–Kier alpha value is -3.96. The summed E-state index contributed by atoms with van der Waals surface area (Å²) in [5.74, 6) is 1.11. The Bertz CT molecular complexity index is 1480. The van der Waals surface area contributed by atoms with Crippen LogP contribution in [0.5, 0.6) is 5.75 Å². The zero-order chi connectivity index (χ0) is 27.4. The Kier molecular flexibility index (Phi) is 8.08. The zero-order valence-corrected chi connectivity index (χ0v) is 23.5. The highest BCUT2D eigenvalue weighted by atomic mass is 32.2. The summed E-state index contributed by atoms with van der Waals surface area (Å²) in [6.07, 6.45) is 0.669. The molecule has 0 aliphatic carbocycles. The van der Waals surface area contributed by atoms with Gasteiger partial charge in [0.25, 0.3) is 11.8 Å². The van der Waals surface area contributed by atoms with Crippen molar-refractivity contribution in [3.05, 3.63) is 93.4 Å². The molecule has 3 heterocycles. The van der Waals surface area contributed by atoms with Gasteiger partial charge in [-0.15, -0.1) is 21.5 Å². The highest BCUT2D eigenvalue weighted by molar-refractivity contribution is 7.99. The molecule has 0 radical (unpaired) electrons. The van der Waals surface area contributed by atoms with Gasteiger partial charge in [0.2, 0.25) is 0 Å². The Morgan fingerprint density at radius 3 is 2.56 bits per heavy atom. The molecule has 0 bridgehead atoms. The van der Waals surface area contributed by atoms with Crippen LogP contribution in [0, 0.1) is 6.92 Å². The van der Waals surface area contributed by atoms with Crippen LogP contribution in [0.2, 0.25) is 0 Å². The topological polar surface area (TPSA) is 102 Å². The van der Waals surface area contributed by atoms with Crippen molar-refractivity contribution in [3.63, 3.8) is 0 Å². The van der Waals surface area contributed by atoms with Crippen molar-refractivity contribution in [3.8, 4) is 5.75 Å². The number of hydrogen-bond donors (Lipinski definition) is 1. The Balaban J connectivity index is 1.23. The number of nitrogens with one attached hydrogen (secondary N) is 1. The fourth-order valence-electron chi connectivity index (χ4n) is 4.20. The molecule has 0 fully saturated rings. The minimum absolute atomic E-state index is 0.102. The van der Waals surface area contributed by atoms with Crippen molar-refractivity contribution in [2.45, 2.75) is 31.1 Å². The first kappa shape index (κ1) is 26.6. The van der Waals surface area contributed by atoms with Crippen LogP contribution in [0.25, 0.3) is 0 Å². The summed E-state index contributed by atoms with van der Waals surface area (Å²) in [6.45, 7) is 2.25. The average molecular weight is 561 g/mol. The van der Waals surface area contributed by atoms with Crippen LogP contribution in [0.3, 0.4) is 0 Å². The van der Waals surface area contributed by atoms with Crippen LogP contribution in [0.15, 0.2) is 76.3 Å². The van der Waals surface area contributed by atoms with Gasteiger partial charge in [-0.05, 0) is 48.2 Å². The zero-order valence-electron chi connectivity index (χ0n) is 21.8. The molecule has 1 atom stereocenters. The van der Waals surface area contributed by atoms with E-state index < -0.39 is 0 Å². The van der Waals surface area contributed by atoms with Gasteiger partial charge in [0.1, 0.15) is 5.75 Å². The van der Waals surface area contributed by atoms with Crippen LogP contribution >= 0.6 is 23.1 Å². The van der Waals surface area contributed by atoms with Crippen LogP contribution < -0.4 is 10.1 Å². The number of rotatable bonds is 9. The van der Waals surface area contributed by atoms with E-state index in [0.717, 1.165) is 16.2 Å². The van der Waals surface area contributed by atoms with E-state index in [1.54, 1.807) is 52.3 Å². The summed E-state index contributed by atoms with van der Waals surface area (Å²) in [6, 6.07) is 19.0. The standard InChI is InChI=1S/C28H28N6O3S2/c1-18-6-8-19(9-7-18)23-15-22(24-5-4-14-38-24)32-34(23)26(35)17-39-28-31-30-25(33(28)2)16-29-27(36)20-10-12-21(37-3)13-11-20/h4-14,23H,15-17H2,1-3H3,(H,29,36)/t23-/m1/s1. The number of aromatic nitrogens is 3. The summed E-state index contributed by atoms with van der Waals surface area (Å²) in [7, 11) is 3.40. The predicted octanol–water partition coefficient (Wildman–Crippen LogP) is 4.59. The van der Waals surface area contributed by atoms with Crippen molar-refractivity contribution >= 4 is 40.6 Å². The van der Waals surface area contributed by atoms with Gasteiger partial charge in [0.05, 0.1) is 36.0 Å². The Morgan fingerprint density at radius 2 is 1.87 bits per heavy atom. The molecule has 200 valence electrons. The number of benzene rings is 2. The van der Waals surface area contributed by atoms with Crippen LogP contribution in [0.4, 0.5) is 0 Å². The summed E-state index contributed by atoms with van der Waals surface area (Å²) in [5.41, 5.74) is 3.67. The second-order valence-corrected chi connectivity index (χ2v) is 10.9. The molecule has 0 unspecified atom stereocenters. The van der Waals surface area contributed by atoms with Crippen LogP contribution in [-0.4, -0.2) is 50.2 Å². The first-order valence-electron chi connectivity index (χ1n) is 12.4. The highest BCUT2D eigenvalue weighted by Gasteiger charge is 2.33. The van der Waals surface area contributed by atoms with Gasteiger partial charge >= 0.3 is 0 Å². The number of amides is 2. The molecule has 0 saturated carbocycles. The number of hydrazone groups is 1. The summed E-state index contributed by atoms with van der Waals surface area (Å²) in [5, 5.41) is 20.3. The quantitative estimate of drug-likeness (QED) is 0.301. The lowest BCUT2D eigenvalue weighted by atomic mass is 10.00.